The van der Waals surface area contributed by atoms with Crippen molar-refractivity contribution in [3.05, 3.63) is 0 Å². The van der Waals surface area contributed by atoms with Crippen molar-refractivity contribution < 1.29 is 61.6 Å². The molecule has 0 aromatic heterocycles. The number of unbranched alkanes of at least 4 members (excludes halogenated alkanes) is 7. The van der Waals surface area contributed by atoms with E-state index in [-0.39, 0.29) is 0 Å². The van der Waals surface area contributed by atoms with Crippen LogP contribution in [0.4, 0.5) is 0 Å². The first-order valence-electron chi connectivity index (χ1n) is 18.3. The zero-order valence-electron chi connectivity index (χ0n) is 30.6. The highest BCUT2D eigenvalue weighted by molar-refractivity contribution is 4.46. The van der Waals surface area contributed by atoms with E-state index in [1.165, 1.54) is 44.9 Å². The molecule has 48 heavy (non-hydrogen) atoms. The molecule has 0 spiro atoms. The average molecular weight is 701 g/mol. The van der Waals surface area contributed by atoms with Crippen molar-refractivity contribution in [3.63, 3.8) is 0 Å². The van der Waals surface area contributed by atoms with Crippen LogP contribution in [-0.4, -0.2) is 172 Å². The summed E-state index contributed by atoms with van der Waals surface area (Å²) in [5.41, 5.74) is 0. The Labute approximate surface area is 292 Å². The van der Waals surface area contributed by atoms with Crippen molar-refractivity contribution in [1.82, 2.24) is 0 Å². The number of rotatable bonds is 45. The van der Waals surface area contributed by atoms with E-state index >= 15 is 0 Å². The average Bonchev–Trinajstić information content (AvgIpc) is 3.10. The minimum absolute atomic E-state index is 0.517. The fourth-order valence-electron chi connectivity index (χ4n) is 4.00. The molecule has 0 atom stereocenters. The van der Waals surface area contributed by atoms with Gasteiger partial charge in [-0.3, -0.25) is 0 Å². The highest BCUT2D eigenvalue weighted by Gasteiger charge is 1.97. The van der Waals surface area contributed by atoms with Crippen LogP contribution in [0.25, 0.3) is 0 Å². The summed E-state index contributed by atoms with van der Waals surface area (Å²) >= 11 is 0. The van der Waals surface area contributed by atoms with Gasteiger partial charge in [0.2, 0.25) is 0 Å². The maximum absolute atomic E-state index is 5.62. The lowest BCUT2D eigenvalue weighted by molar-refractivity contribution is -0.0287. The van der Waals surface area contributed by atoms with Crippen LogP contribution in [0.2, 0.25) is 0 Å². The molecular formula is C35H72O13. The van der Waals surface area contributed by atoms with Crippen LogP contribution in [0.15, 0.2) is 0 Å². The molecule has 13 nitrogen and oxygen atoms in total. The molecular weight excluding hydrogens is 628 g/mol. The molecule has 0 fully saturated rings. The minimum atomic E-state index is 0.517. The molecule has 0 aromatic rings. The number of hydrogen-bond acceptors (Lipinski definition) is 13. The topological polar surface area (TPSA) is 120 Å². The smallest absolute Gasteiger partial charge is 0.0701 e. The van der Waals surface area contributed by atoms with Crippen LogP contribution in [0.3, 0.4) is 0 Å². The summed E-state index contributed by atoms with van der Waals surface area (Å²) in [4.78, 5) is 0. The predicted molar refractivity (Wildman–Crippen MR) is 184 cm³/mol. The predicted octanol–water partition coefficient (Wildman–Crippen LogP) is 3.97. The molecule has 0 saturated carbocycles. The Balaban J connectivity index is 3.04. The molecule has 0 saturated heterocycles. The molecule has 0 aliphatic carbocycles. The van der Waals surface area contributed by atoms with Gasteiger partial charge in [-0.2, -0.15) is 0 Å². The van der Waals surface area contributed by atoms with Gasteiger partial charge >= 0.3 is 0 Å². The van der Waals surface area contributed by atoms with Crippen molar-refractivity contribution in [2.24, 2.45) is 0 Å². The van der Waals surface area contributed by atoms with Gasteiger partial charge in [0.25, 0.3) is 0 Å². The van der Waals surface area contributed by atoms with Gasteiger partial charge in [-0.15, -0.1) is 0 Å². The summed E-state index contributed by atoms with van der Waals surface area (Å²) in [6, 6.07) is 0. The van der Waals surface area contributed by atoms with Crippen LogP contribution in [0.1, 0.15) is 58.3 Å². The van der Waals surface area contributed by atoms with E-state index in [2.05, 4.69) is 6.92 Å². The monoisotopic (exact) mass is 700 g/mol. The van der Waals surface area contributed by atoms with Crippen LogP contribution >= 0.6 is 0 Å². The Hall–Kier alpha value is -0.520. The molecule has 0 unspecified atom stereocenters. The van der Waals surface area contributed by atoms with E-state index in [1.54, 1.807) is 7.11 Å². The maximum Gasteiger partial charge on any atom is 0.0701 e. The van der Waals surface area contributed by atoms with Crippen molar-refractivity contribution in [3.8, 4) is 0 Å². The van der Waals surface area contributed by atoms with E-state index in [1.807, 2.05) is 0 Å². The summed E-state index contributed by atoms with van der Waals surface area (Å²) in [5.74, 6) is 0. The van der Waals surface area contributed by atoms with E-state index < -0.39 is 0 Å². The Morgan fingerprint density at radius 3 is 0.625 bits per heavy atom. The second-order valence-electron chi connectivity index (χ2n) is 10.8. The van der Waals surface area contributed by atoms with Gasteiger partial charge in [-0.05, 0) is 6.42 Å². The highest BCUT2D eigenvalue weighted by atomic mass is 16.6. The lowest BCUT2D eigenvalue weighted by Gasteiger charge is -2.09. The molecule has 0 N–H and O–H groups in total. The largest absolute Gasteiger partial charge is 0.382 e. The first-order chi connectivity index (χ1) is 23.9. The first-order valence-corrected chi connectivity index (χ1v) is 18.3. The number of ether oxygens (including phenoxy) is 13. The number of hydrogen-bond donors (Lipinski definition) is 0. The molecule has 0 radical (unpaired) electrons. The molecule has 0 aliphatic heterocycles. The standard InChI is InChI=1S/C35H72O13/c1-3-4-5-6-7-8-9-10-11-37-14-15-39-18-19-41-22-23-43-26-27-45-30-31-47-34-35-48-33-32-46-29-28-44-25-24-42-21-20-40-17-16-38-13-12-36-2/h3-35H2,1-2H3. The van der Waals surface area contributed by atoms with Crippen LogP contribution in [0, 0.1) is 0 Å². The molecule has 0 bridgehead atoms. The lowest BCUT2D eigenvalue weighted by atomic mass is 10.1. The summed E-state index contributed by atoms with van der Waals surface area (Å²) in [6.07, 6.45) is 10.5. The fraction of sp³-hybridized carbons (Fsp3) is 1.00. The summed E-state index contributed by atoms with van der Waals surface area (Å²) < 4.78 is 70.7. The van der Waals surface area contributed by atoms with Gasteiger partial charge in [0.15, 0.2) is 0 Å². The minimum Gasteiger partial charge on any atom is -0.382 e. The molecule has 0 aliphatic rings. The molecule has 13 heteroatoms. The second-order valence-corrected chi connectivity index (χ2v) is 10.8. The third-order valence-electron chi connectivity index (χ3n) is 6.67. The molecule has 0 amide bonds. The number of methoxy groups -OCH3 is 1. The Morgan fingerprint density at radius 1 is 0.208 bits per heavy atom. The van der Waals surface area contributed by atoms with E-state index in [4.69, 9.17) is 61.6 Å². The van der Waals surface area contributed by atoms with E-state index in [9.17, 15) is 0 Å². The van der Waals surface area contributed by atoms with Crippen LogP contribution in [-0.2, 0) is 61.6 Å². The highest BCUT2D eigenvalue weighted by Crippen LogP contribution is 2.08. The van der Waals surface area contributed by atoms with E-state index in [0.29, 0.717) is 159 Å². The third kappa shape index (κ3) is 45.5. The van der Waals surface area contributed by atoms with Gasteiger partial charge in [-0.25, -0.2) is 0 Å². The van der Waals surface area contributed by atoms with Gasteiger partial charge < -0.3 is 61.6 Å². The Bertz CT molecular complexity index is 503. The van der Waals surface area contributed by atoms with Crippen molar-refractivity contribution >= 4 is 0 Å². The summed E-state index contributed by atoms with van der Waals surface area (Å²) in [7, 11) is 1.65. The second kappa shape index (κ2) is 46.5. The summed E-state index contributed by atoms with van der Waals surface area (Å²) in [6.45, 7) is 16.2. The van der Waals surface area contributed by atoms with Crippen molar-refractivity contribution in [2.45, 2.75) is 58.3 Å². The Morgan fingerprint density at radius 2 is 0.396 bits per heavy atom. The van der Waals surface area contributed by atoms with Crippen LogP contribution < -0.4 is 0 Å². The van der Waals surface area contributed by atoms with Crippen molar-refractivity contribution in [1.29, 1.82) is 0 Å². The molecule has 0 heterocycles. The van der Waals surface area contributed by atoms with Gasteiger partial charge in [0.1, 0.15) is 0 Å². The fourth-order valence-corrected chi connectivity index (χ4v) is 4.00. The quantitative estimate of drug-likeness (QED) is 0.0854. The summed E-state index contributed by atoms with van der Waals surface area (Å²) in [5, 5.41) is 0. The normalized spacial score (nSPS) is 11.6. The van der Waals surface area contributed by atoms with Gasteiger partial charge in [0, 0.05) is 13.7 Å². The zero-order valence-corrected chi connectivity index (χ0v) is 30.6. The maximum atomic E-state index is 5.62. The third-order valence-corrected chi connectivity index (χ3v) is 6.67. The lowest BCUT2D eigenvalue weighted by Crippen LogP contribution is -2.15. The molecule has 290 valence electrons. The van der Waals surface area contributed by atoms with E-state index in [0.717, 1.165) is 13.0 Å². The molecule has 0 aromatic carbocycles. The first kappa shape index (κ1) is 47.5. The van der Waals surface area contributed by atoms with Crippen molar-refractivity contribution in [2.75, 3.05) is 172 Å². The van der Waals surface area contributed by atoms with Gasteiger partial charge in [0.05, 0.1) is 159 Å². The zero-order chi connectivity index (χ0) is 34.5. The van der Waals surface area contributed by atoms with Crippen LogP contribution in [0.5, 0.6) is 0 Å². The molecule has 0 rings (SSSR count). The SMILES string of the molecule is CCCCCCCCCCOCCOCCOCCOCCOCCOCCOCCOCCOCCOCCOCCOCCOC. The van der Waals surface area contributed by atoms with Gasteiger partial charge in [-0.1, -0.05) is 51.9 Å². The Kier molecular flexibility index (Phi) is 46.0.